The smallest absolute Gasteiger partial charge is 0.307 e. The number of aliphatic carboxylic acids is 1. The minimum atomic E-state index is -0.872. The van der Waals surface area contributed by atoms with Gasteiger partial charge in [-0.3, -0.25) is 4.79 Å². The molecule has 1 aliphatic heterocycles. The van der Waals surface area contributed by atoms with Gasteiger partial charge in [-0.2, -0.15) is 0 Å². The lowest BCUT2D eigenvalue weighted by atomic mass is 9.86. The number of ether oxygens (including phenoxy) is 1. The van der Waals surface area contributed by atoms with Crippen molar-refractivity contribution in [3.63, 3.8) is 0 Å². The van der Waals surface area contributed by atoms with E-state index in [0.29, 0.717) is 18.8 Å². The van der Waals surface area contributed by atoms with E-state index in [1.807, 2.05) is 0 Å². The number of hydrogen-bond acceptors (Lipinski definition) is 2. The van der Waals surface area contributed by atoms with Crippen LogP contribution in [0.15, 0.2) is 24.3 Å². The van der Waals surface area contributed by atoms with E-state index < -0.39 is 11.9 Å². The maximum Gasteiger partial charge on any atom is 0.307 e. The molecule has 0 radical (unpaired) electrons. The molecule has 0 saturated carbocycles. The van der Waals surface area contributed by atoms with Gasteiger partial charge in [-0.1, -0.05) is 18.2 Å². The highest BCUT2D eigenvalue weighted by Gasteiger charge is 2.31. The zero-order valence-corrected chi connectivity index (χ0v) is 9.43. The van der Waals surface area contributed by atoms with Crippen LogP contribution in [-0.4, -0.2) is 24.3 Å². The predicted molar refractivity (Wildman–Crippen MR) is 60.2 cm³/mol. The van der Waals surface area contributed by atoms with Gasteiger partial charge in [0.2, 0.25) is 0 Å². The van der Waals surface area contributed by atoms with Crippen molar-refractivity contribution >= 4 is 5.97 Å². The molecule has 1 aromatic rings. The molecule has 3 nitrogen and oxygen atoms in total. The molecule has 0 aromatic heterocycles. The van der Waals surface area contributed by atoms with Crippen molar-refractivity contribution < 1.29 is 19.0 Å². The molecule has 0 spiro atoms. The van der Waals surface area contributed by atoms with E-state index >= 15 is 0 Å². The average molecular weight is 238 g/mol. The van der Waals surface area contributed by atoms with Gasteiger partial charge >= 0.3 is 5.97 Å². The molecule has 0 bridgehead atoms. The molecule has 1 N–H and O–H groups in total. The van der Waals surface area contributed by atoms with Crippen LogP contribution in [-0.2, 0) is 16.0 Å². The first-order valence-corrected chi connectivity index (χ1v) is 5.72. The molecule has 2 rings (SSSR count). The van der Waals surface area contributed by atoms with Crippen molar-refractivity contribution in [2.24, 2.45) is 11.8 Å². The summed E-state index contributed by atoms with van der Waals surface area (Å²) in [6, 6.07) is 6.33. The van der Waals surface area contributed by atoms with Crippen molar-refractivity contribution in [3.8, 4) is 0 Å². The highest BCUT2D eigenvalue weighted by molar-refractivity contribution is 5.71. The molecule has 1 aromatic carbocycles. The topological polar surface area (TPSA) is 46.5 Å². The van der Waals surface area contributed by atoms with Crippen LogP contribution in [0.1, 0.15) is 12.0 Å². The average Bonchev–Trinajstić information content (AvgIpc) is 2.81. The van der Waals surface area contributed by atoms with E-state index in [1.54, 1.807) is 18.2 Å². The number of rotatable bonds is 4. The lowest BCUT2D eigenvalue weighted by Crippen LogP contribution is -2.26. The molecule has 0 amide bonds. The molecule has 1 saturated heterocycles. The van der Waals surface area contributed by atoms with Gasteiger partial charge in [0.1, 0.15) is 5.82 Å². The van der Waals surface area contributed by atoms with Crippen molar-refractivity contribution in [2.45, 2.75) is 12.8 Å². The lowest BCUT2D eigenvalue weighted by Gasteiger charge is -2.18. The van der Waals surface area contributed by atoms with Crippen molar-refractivity contribution in [1.29, 1.82) is 0 Å². The molecule has 1 aliphatic rings. The van der Waals surface area contributed by atoms with Crippen LogP contribution in [0.2, 0.25) is 0 Å². The number of hydrogen-bond donors (Lipinski definition) is 1. The Morgan fingerprint density at radius 2 is 2.29 bits per heavy atom. The van der Waals surface area contributed by atoms with E-state index in [0.717, 1.165) is 6.42 Å². The van der Waals surface area contributed by atoms with Crippen LogP contribution in [0.4, 0.5) is 4.39 Å². The quantitative estimate of drug-likeness (QED) is 0.873. The van der Waals surface area contributed by atoms with Crippen LogP contribution >= 0.6 is 0 Å². The minimum absolute atomic E-state index is 0.00731. The fourth-order valence-electron chi connectivity index (χ4n) is 2.23. The van der Waals surface area contributed by atoms with Crippen LogP contribution in [0.25, 0.3) is 0 Å². The molecule has 1 heterocycles. The van der Waals surface area contributed by atoms with Crippen molar-refractivity contribution in [2.75, 3.05) is 13.2 Å². The number of halogens is 1. The third-order valence-corrected chi connectivity index (χ3v) is 3.25. The highest BCUT2D eigenvalue weighted by Crippen LogP contribution is 2.26. The summed E-state index contributed by atoms with van der Waals surface area (Å²) in [6.45, 7) is 1.07. The third kappa shape index (κ3) is 2.82. The number of benzene rings is 1. The summed E-state index contributed by atoms with van der Waals surface area (Å²) in [6.07, 6.45) is 0.974. The Kier molecular flexibility index (Phi) is 3.74. The number of carboxylic acids is 1. The van der Waals surface area contributed by atoms with E-state index in [9.17, 15) is 14.3 Å². The molecule has 1 fully saturated rings. The highest BCUT2D eigenvalue weighted by atomic mass is 19.1. The normalized spacial score (nSPS) is 21.4. The summed E-state index contributed by atoms with van der Waals surface area (Å²) in [4.78, 5) is 11.2. The second-order valence-electron chi connectivity index (χ2n) is 4.36. The van der Waals surface area contributed by atoms with Crippen LogP contribution in [0.3, 0.4) is 0 Å². The van der Waals surface area contributed by atoms with Crippen molar-refractivity contribution in [1.82, 2.24) is 0 Å². The minimum Gasteiger partial charge on any atom is -0.481 e. The Balaban J connectivity index is 2.12. The largest absolute Gasteiger partial charge is 0.481 e. The number of carbonyl (C=O) groups is 1. The fraction of sp³-hybridized carbons (Fsp3) is 0.462. The summed E-state index contributed by atoms with van der Waals surface area (Å²) in [5.41, 5.74) is 0.465. The summed E-state index contributed by atoms with van der Waals surface area (Å²) < 4.78 is 18.7. The fourth-order valence-corrected chi connectivity index (χ4v) is 2.23. The van der Waals surface area contributed by atoms with Gasteiger partial charge < -0.3 is 9.84 Å². The number of carboxylic acid groups (broad SMARTS) is 1. The SMILES string of the molecule is O=C(O)C(Cc1ccccc1F)C1CCOC1. The van der Waals surface area contributed by atoms with Crippen LogP contribution in [0, 0.1) is 17.7 Å². The summed E-state index contributed by atoms with van der Waals surface area (Å²) >= 11 is 0. The molecule has 4 heteroatoms. The van der Waals surface area contributed by atoms with E-state index in [-0.39, 0.29) is 18.2 Å². The lowest BCUT2D eigenvalue weighted by molar-refractivity contribution is -0.143. The van der Waals surface area contributed by atoms with Gasteiger partial charge in [0.25, 0.3) is 0 Å². The van der Waals surface area contributed by atoms with Gasteiger partial charge in [0.05, 0.1) is 12.5 Å². The predicted octanol–water partition coefficient (Wildman–Crippen LogP) is 2.11. The van der Waals surface area contributed by atoms with Crippen LogP contribution < -0.4 is 0 Å². The first-order valence-electron chi connectivity index (χ1n) is 5.72. The van der Waals surface area contributed by atoms with E-state index in [4.69, 9.17) is 4.74 Å². The Labute approximate surface area is 99.2 Å². The molecule has 17 heavy (non-hydrogen) atoms. The van der Waals surface area contributed by atoms with Crippen molar-refractivity contribution in [3.05, 3.63) is 35.6 Å². The molecular weight excluding hydrogens is 223 g/mol. The first-order chi connectivity index (χ1) is 8.18. The second-order valence-corrected chi connectivity index (χ2v) is 4.36. The molecule has 92 valence electrons. The molecule has 2 atom stereocenters. The van der Waals surface area contributed by atoms with Gasteiger partial charge in [-0.05, 0) is 30.4 Å². The molecule has 2 unspecified atom stereocenters. The van der Waals surface area contributed by atoms with Gasteiger partial charge in [-0.15, -0.1) is 0 Å². The monoisotopic (exact) mass is 238 g/mol. The Bertz CT molecular complexity index is 399. The third-order valence-electron chi connectivity index (χ3n) is 3.25. The maximum atomic E-state index is 13.5. The van der Waals surface area contributed by atoms with Gasteiger partial charge in [-0.25, -0.2) is 4.39 Å². The Morgan fingerprint density at radius 1 is 1.53 bits per heavy atom. The molecular formula is C13H15FO3. The molecule has 0 aliphatic carbocycles. The van der Waals surface area contributed by atoms with Gasteiger partial charge in [0, 0.05) is 6.61 Å². The Hall–Kier alpha value is -1.42. The Morgan fingerprint density at radius 3 is 2.88 bits per heavy atom. The second kappa shape index (κ2) is 5.27. The van der Waals surface area contributed by atoms with Gasteiger partial charge in [0.15, 0.2) is 0 Å². The summed E-state index contributed by atoms with van der Waals surface area (Å²) in [5.74, 6) is -1.78. The zero-order chi connectivity index (χ0) is 12.3. The summed E-state index contributed by atoms with van der Waals surface area (Å²) in [7, 11) is 0. The standard InChI is InChI=1S/C13H15FO3/c14-12-4-2-1-3-9(12)7-11(13(15)16)10-5-6-17-8-10/h1-4,10-11H,5-8H2,(H,15,16). The van der Waals surface area contributed by atoms with Crippen LogP contribution in [0.5, 0.6) is 0 Å². The summed E-state index contributed by atoms with van der Waals surface area (Å²) in [5, 5.41) is 9.21. The zero-order valence-electron chi connectivity index (χ0n) is 9.43. The van der Waals surface area contributed by atoms with E-state index in [1.165, 1.54) is 6.07 Å². The first kappa shape index (κ1) is 12.0. The maximum absolute atomic E-state index is 13.5. The van der Waals surface area contributed by atoms with E-state index in [2.05, 4.69) is 0 Å².